The molecule has 1 aliphatic heterocycles. The molecule has 2 heterocycles. The molecule has 1 aromatic heterocycles. The number of aliphatic hydroxyl groups is 1. The van der Waals surface area contributed by atoms with E-state index in [0.29, 0.717) is 12.5 Å². The summed E-state index contributed by atoms with van der Waals surface area (Å²) in [6.45, 7) is 0.506. The monoisotopic (exact) mass is 325 g/mol. The van der Waals surface area contributed by atoms with E-state index in [1.54, 1.807) is 6.20 Å². The summed E-state index contributed by atoms with van der Waals surface area (Å²) in [6, 6.07) is 12.2. The number of nitrogens with zero attached hydrogens (tertiary/aromatic N) is 1. The van der Waals surface area contributed by atoms with Gasteiger partial charge >= 0.3 is 0 Å². The molecule has 2 aromatic rings. The van der Waals surface area contributed by atoms with E-state index in [1.165, 1.54) is 31.2 Å². The third-order valence-electron chi connectivity index (χ3n) is 5.03. The molecular weight excluding hydrogens is 302 g/mol. The zero-order valence-corrected chi connectivity index (χ0v) is 13.7. The molecule has 2 unspecified atom stereocenters. The summed E-state index contributed by atoms with van der Waals surface area (Å²) in [5, 5.41) is 9.34. The number of aliphatic hydroxyl groups excluding tert-OH is 1. The van der Waals surface area contributed by atoms with Crippen LogP contribution in [0.15, 0.2) is 42.6 Å². The molecule has 4 rings (SSSR count). The molecule has 1 N–H and O–H groups in total. The Bertz CT molecular complexity index is 683. The van der Waals surface area contributed by atoms with Crippen LogP contribution in [0.25, 0.3) is 0 Å². The van der Waals surface area contributed by atoms with Crippen LogP contribution < -0.4 is 4.74 Å². The standard InChI is InChI=1S/C20H23NO3/c22-12-18-20(24-18)17-10-5-9-16(14-6-1-2-7-14)19(17)23-13-15-8-3-4-11-21-15/h3-5,8-11,14,18,20,22H,1-2,6-7,12-13H2. The van der Waals surface area contributed by atoms with Crippen molar-refractivity contribution in [2.75, 3.05) is 6.61 Å². The number of epoxide rings is 1. The maximum atomic E-state index is 9.34. The highest BCUT2D eigenvalue weighted by Gasteiger charge is 2.42. The fourth-order valence-corrected chi connectivity index (χ4v) is 3.71. The van der Waals surface area contributed by atoms with E-state index in [-0.39, 0.29) is 18.8 Å². The molecule has 24 heavy (non-hydrogen) atoms. The van der Waals surface area contributed by atoms with Gasteiger partial charge in [0.2, 0.25) is 0 Å². The van der Waals surface area contributed by atoms with Crippen molar-refractivity contribution in [1.29, 1.82) is 0 Å². The molecule has 4 nitrogen and oxygen atoms in total. The lowest BCUT2D eigenvalue weighted by Gasteiger charge is -2.19. The first-order chi connectivity index (χ1) is 11.9. The van der Waals surface area contributed by atoms with Gasteiger partial charge < -0.3 is 14.6 Å². The van der Waals surface area contributed by atoms with E-state index < -0.39 is 0 Å². The topological polar surface area (TPSA) is 54.9 Å². The molecule has 0 radical (unpaired) electrons. The Hall–Kier alpha value is -1.91. The minimum atomic E-state index is -0.0963. The van der Waals surface area contributed by atoms with E-state index in [4.69, 9.17) is 9.47 Å². The average Bonchev–Trinajstić information content (AvgIpc) is 3.22. The molecule has 4 heteroatoms. The van der Waals surface area contributed by atoms with Crippen molar-refractivity contribution in [3.63, 3.8) is 0 Å². The Morgan fingerprint density at radius 2 is 1.92 bits per heavy atom. The summed E-state index contributed by atoms with van der Waals surface area (Å²) >= 11 is 0. The van der Waals surface area contributed by atoms with Gasteiger partial charge in [-0.25, -0.2) is 0 Å². The maximum Gasteiger partial charge on any atom is 0.130 e. The number of hydrogen-bond acceptors (Lipinski definition) is 4. The summed E-state index contributed by atoms with van der Waals surface area (Å²) in [7, 11) is 0. The molecule has 1 aromatic carbocycles. The van der Waals surface area contributed by atoms with Crippen LogP contribution in [0.5, 0.6) is 5.75 Å². The van der Waals surface area contributed by atoms with Gasteiger partial charge in [-0.05, 0) is 36.5 Å². The summed E-state index contributed by atoms with van der Waals surface area (Å²) in [4.78, 5) is 4.35. The fourth-order valence-electron chi connectivity index (χ4n) is 3.71. The highest BCUT2D eigenvalue weighted by Crippen LogP contribution is 2.47. The van der Waals surface area contributed by atoms with Crippen molar-refractivity contribution in [1.82, 2.24) is 4.98 Å². The molecule has 0 spiro atoms. The number of pyridine rings is 1. The molecule has 2 aliphatic rings. The van der Waals surface area contributed by atoms with Gasteiger partial charge in [-0.3, -0.25) is 4.98 Å². The first kappa shape index (κ1) is 15.6. The lowest BCUT2D eigenvalue weighted by atomic mass is 9.93. The minimum Gasteiger partial charge on any atom is -0.487 e. The SMILES string of the molecule is OCC1OC1c1cccc(C2CCCC2)c1OCc1ccccn1. The summed E-state index contributed by atoms with van der Waals surface area (Å²) in [5.74, 6) is 1.51. The summed E-state index contributed by atoms with van der Waals surface area (Å²) < 4.78 is 11.9. The molecule has 1 saturated heterocycles. The molecular formula is C20H23NO3. The van der Waals surface area contributed by atoms with E-state index in [9.17, 15) is 5.11 Å². The predicted molar refractivity (Wildman–Crippen MR) is 90.9 cm³/mol. The van der Waals surface area contributed by atoms with Crippen LogP contribution in [0.3, 0.4) is 0 Å². The van der Waals surface area contributed by atoms with Crippen LogP contribution in [0.1, 0.15) is 54.5 Å². The van der Waals surface area contributed by atoms with Gasteiger partial charge in [-0.1, -0.05) is 37.1 Å². The van der Waals surface area contributed by atoms with Gasteiger partial charge in [-0.15, -0.1) is 0 Å². The van der Waals surface area contributed by atoms with E-state index in [1.807, 2.05) is 18.2 Å². The second-order valence-electron chi connectivity index (χ2n) is 6.63. The minimum absolute atomic E-state index is 0.0462. The number of aromatic nitrogens is 1. The number of benzene rings is 1. The maximum absolute atomic E-state index is 9.34. The van der Waals surface area contributed by atoms with Crippen molar-refractivity contribution in [2.45, 2.75) is 50.4 Å². The fraction of sp³-hybridized carbons (Fsp3) is 0.450. The smallest absolute Gasteiger partial charge is 0.130 e. The third kappa shape index (κ3) is 3.17. The first-order valence-corrected chi connectivity index (χ1v) is 8.78. The van der Waals surface area contributed by atoms with Crippen molar-refractivity contribution < 1.29 is 14.6 Å². The van der Waals surface area contributed by atoms with Crippen LogP contribution in [-0.2, 0) is 11.3 Å². The normalized spacial score (nSPS) is 23.4. The van der Waals surface area contributed by atoms with Crippen molar-refractivity contribution in [3.8, 4) is 5.75 Å². The third-order valence-corrected chi connectivity index (χ3v) is 5.03. The Balaban J connectivity index is 1.62. The molecule has 2 fully saturated rings. The number of ether oxygens (including phenoxy) is 2. The highest BCUT2D eigenvalue weighted by molar-refractivity contribution is 5.47. The molecule has 0 bridgehead atoms. The number of hydrogen-bond donors (Lipinski definition) is 1. The Morgan fingerprint density at radius 1 is 1.08 bits per heavy atom. The zero-order valence-electron chi connectivity index (χ0n) is 13.7. The van der Waals surface area contributed by atoms with Gasteiger partial charge in [0.05, 0.1) is 12.3 Å². The molecule has 0 amide bonds. The van der Waals surface area contributed by atoms with Crippen molar-refractivity contribution in [3.05, 3.63) is 59.4 Å². The lowest BCUT2D eigenvalue weighted by Crippen LogP contribution is -2.06. The van der Waals surface area contributed by atoms with Crippen molar-refractivity contribution in [2.24, 2.45) is 0 Å². The highest BCUT2D eigenvalue weighted by atomic mass is 16.6. The molecule has 126 valence electrons. The second kappa shape index (κ2) is 6.91. The lowest BCUT2D eigenvalue weighted by molar-refractivity contribution is 0.241. The van der Waals surface area contributed by atoms with E-state index in [0.717, 1.165) is 17.0 Å². The largest absolute Gasteiger partial charge is 0.487 e. The quantitative estimate of drug-likeness (QED) is 0.822. The Morgan fingerprint density at radius 3 is 2.62 bits per heavy atom. The first-order valence-electron chi connectivity index (χ1n) is 8.78. The Labute approximate surface area is 142 Å². The molecule has 1 saturated carbocycles. The van der Waals surface area contributed by atoms with E-state index in [2.05, 4.69) is 23.2 Å². The van der Waals surface area contributed by atoms with Crippen LogP contribution in [0.2, 0.25) is 0 Å². The van der Waals surface area contributed by atoms with Gasteiger partial charge in [0.25, 0.3) is 0 Å². The zero-order chi connectivity index (χ0) is 16.4. The Kier molecular flexibility index (Phi) is 4.50. The average molecular weight is 325 g/mol. The van der Waals surface area contributed by atoms with Crippen LogP contribution >= 0.6 is 0 Å². The summed E-state index contributed by atoms with van der Waals surface area (Å²) in [6.07, 6.45) is 6.66. The van der Waals surface area contributed by atoms with E-state index >= 15 is 0 Å². The van der Waals surface area contributed by atoms with Gasteiger partial charge in [0, 0.05) is 11.8 Å². The van der Waals surface area contributed by atoms with Gasteiger partial charge in [-0.2, -0.15) is 0 Å². The molecule has 2 atom stereocenters. The van der Waals surface area contributed by atoms with Crippen LogP contribution in [0.4, 0.5) is 0 Å². The second-order valence-corrected chi connectivity index (χ2v) is 6.63. The van der Waals surface area contributed by atoms with Crippen LogP contribution in [-0.4, -0.2) is 22.8 Å². The summed E-state index contributed by atoms with van der Waals surface area (Å²) in [5.41, 5.74) is 3.27. The van der Waals surface area contributed by atoms with Gasteiger partial charge in [0.1, 0.15) is 24.6 Å². The van der Waals surface area contributed by atoms with Crippen LogP contribution in [0, 0.1) is 0 Å². The number of para-hydroxylation sites is 1. The van der Waals surface area contributed by atoms with Crippen molar-refractivity contribution >= 4 is 0 Å². The number of rotatable bonds is 6. The van der Waals surface area contributed by atoms with Gasteiger partial charge in [0.15, 0.2) is 0 Å². The molecule has 1 aliphatic carbocycles. The predicted octanol–water partition coefficient (Wildman–Crippen LogP) is 3.75.